The summed E-state index contributed by atoms with van der Waals surface area (Å²) in [5.41, 5.74) is 3.59. The zero-order chi connectivity index (χ0) is 23.5. The predicted molar refractivity (Wildman–Crippen MR) is 135 cm³/mol. The molecule has 8 heteroatoms. The summed E-state index contributed by atoms with van der Waals surface area (Å²) in [4.78, 5) is 26.9. The molecule has 1 aliphatic rings. The highest BCUT2D eigenvalue weighted by Gasteiger charge is 2.35. The minimum atomic E-state index is -0.311. The van der Waals surface area contributed by atoms with Gasteiger partial charge < -0.3 is 4.74 Å². The number of carbonyl (C=O) groups excluding carboxylic acids is 2. The van der Waals surface area contributed by atoms with E-state index in [-0.39, 0.29) is 30.1 Å². The lowest BCUT2D eigenvalue weighted by Gasteiger charge is -2.13. The summed E-state index contributed by atoms with van der Waals surface area (Å²) in [5, 5.41) is -0.288. The molecule has 3 aromatic rings. The van der Waals surface area contributed by atoms with Gasteiger partial charge in [-0.3, -0.25) is 14.5 Å². The van der Waals surface area contributed by atoms with Crippen molar-refractivity contribution in [2.75, 3.05) is 0 Å². The third kappa shape index (κ3) is 5.75. The first-order chi connectivity index (χ1) is 15.8. The average molecular weight is 591 g/mol. The first kappa shape index (κ1) is 23.7. The number of hydrogen-bond acceptors (Lipinski definition) is 4. The van der Waals surface area contributed by atoms with E-state index < -0.39 is 0 Å². The molecular formula is C25H18Br2FNO3S. The molecule has 0 bridgehead atoms. The van der Waals surface area contributed by atoms with Gasteiger partial charge in [-0.2, -0.15) is 0 Å². The molecule has 0 aromatic heterocycles. The number of aryl methyl sites for hydroxylation is 1. The van der Waals surface area contributed by atoms with Crippen LogP contribution in [0.3, 0.4) is 0 Å². The number of imide groups is 1. The van der Waals surface area contributed by atoms with Crippen LogP contribution in [-0.2, 0) is 17.9 Å². The molecule has 0 atom stereocenters. The maximum atomic E-state index is 13.1. The van der Waals surface area contributed by atoms with Gasteiger partial charge in [0, 0.05) is 0 Å². The largest absolute Gasteiger partial charge is 0.487 e. The highest BCUT2D eigenvalue weighted by Crippen LogP contribution is 2.38. The topological polar surface area (TPSA) is 46.6 Å². The minimum Gasteiger partial charge on any atom is -0.487 e. The van der Waals surface area contributed by atoms with Gasteiger partial charge >= 0.3 is 0 Å². The van der Waals surface area contributed by atoms with Gasteiger partial charge in [0.25, 0.3) is 11.1 Å². The lowest BCUT2D eigenvalue weighted by molar-refractivity contribution is -0.123. The fraction of sp³-hybridized carbons (Fsp3) is 0.120. The van der Waals surface area contributed by atoms with Gasteiger partial charge in [0.1, 0.15) is 18.2 Å². The summed E-state index contributed by atoms with van der Waals surface area (Å²) in [5.74, 6) is -0.0212. The Morgan fingerprint density at radius 1 is 0.970 bits per heavy atom. The van der Waals surface area contributed by atoms with E-state index in [2.05, 4.69) is 31.9 Å². The quantitative estimate of drug-likeness (QED) is 0.279. The predicted octanol–water partition coefficient (Wildman–Crippen LogP) is 7.47. The van der Waals surface area contributed by atoms with Crippen molar-refractivity contribution in [2.24, 2.45) is 0 Å². The zero-order valence-electron chi connectivity index (χ0n) is 17.5. The molecule has 0 radical (unpaired) electrons. The minimum absolute atomic E-state index is 0.242. The molecular weight excluding hydrogens is 573 g/mol. The average Bonchev–Trinajstić information content (AvgIpc) is 3.03. The fourth-order valence-electron chi connectivity index (χ4n) is 3.20. The standard InChI is InChI=1S/C25H18Br2FNO3S/c1-15-2-4-16(5-3-15)13-29-24(30)22(33-25(29)31)12-18-10-20(26)23(21(27)11-18)32-14-17-6-8-19(28)9-7-17/h2-12H,13-14H2,1H3/b22-12-. The number of rotatable bonds is 6. The molecule has 168 valence electrons. The Bertz CT molecular complexity index is 1220. The Hall–Kier alpha value is -2.42. The third-order valence-corrected chi connectivity index (χ3v) is 7.04. The van der Waals surface area contributed by atoms with Crippen LogP contribution < -0.4 is 4.74 Å². The molecule has 0 N–H and O–H groups in total. The summed E-state index contributed by atoms with van der Waals surface area (Å²) in [6.07, 6.45) is 1.69. The van der Waals surface area contributed by atoms with Crippen LogP contribution in [0.25, 0.3) is 6.08 Å². The van der Waals surface area contributed by atoms with Crippen LogP contribution in [0.4, 0.5) is 9.18 Å². The second-order valence-corrected chi connectivity index (χ2v) is 10.2. The number of hydrogen-bond donors (Lipinski definition) is 0. The van der Waals surface area contributed by atoms with Crippen LogP contribution >= 0.6 is 43.6 Å². The highest BCUT2D eigenvalue weighted by molar-refractivity contribution is 9.11. The normalized spacial score (nSPS) is 14.9. The second-order valence-electron chi connectivity index (χ2n) is 7.48. The molecule has 1 heterocycles. The Kier molecular flexibility index (Phi) is 7.36. The molecule has 4 rings (SSSR count). The van der Waals surface area contributed by atoms with E-state index >= 15 is 0 Å². The van der Waals surface area contributed by atoms with E-state index in [1.54, 1.807) is 18.2 Å². The highest BCUT2D eigenvalue weighted by atomic mass is 79.9. The van der Waals surface area contributed by atoms with E-state index in [1.807, 2.05) is 43.3 Å². The first-order valence-electron chi connectivity index (χ1n) is 9.97. The molecule has 1 fully saturated rings. The van der Waals surface area contributed by atoms with Crippen molar-refractivity contribution in [3.8, 4) is 5.75 Å². The lowest BCUT2D eigenvalue weighted by atomic mass is 10.1. The van der Waals surface area contributed by atoms with E-state index in [0.717, 1.165) is 34.0 Å². The van der Waals surface area contributed by atoms with Gasteiger partial charge in [-0.1, -0.05) is 42.0 Å². The van der Waals surface area contributed by atoms with Crippen molar-refractivity contribution in [3.63, 3.8) is 0 Å². The first-order valence-corrected chi connectivity index (χ1v) is 12.4. The number of nitrogens with zero attached hydrogens (tertiary/aromatic N) is 1. The van der Waals surface area contributed by atoms with Gasteiger partial charge in [0.15, 0.2) is 0 Å². The Balaban J connectivity index is 1.49. The van der Waals surface area contributed by atoms with Crippen molar-refractivity contribution in [2.45, 2.75) is 20.1 Å². The summed E-state index contributed by atoms with van der Waals surface area (Å²) in [6.45, 7) is 2.50. The van der Waals surface area contributed by atoms with E-state index in [9.17, 15) is 14.0 Å². The number of thioether (sulfide) groups is 1. The van der Waals surface area contributed by atoms with Crippen molar-refractivity contribution in [1.82, 2.24) is 4.90 Å². The SMILES string of the molecule is Cc1ccc(CN2C(=O)S/C(=C\c3cc(Br)c(OCc4ccc(F)cc4)c(Br)c3)C2=O)cc1. The summed E-state index contributed by atoms with van der Waals surface area (Å²) < 4.78 is 20.3. The maximum absolute atomic E-state index is 13.1. The van der Waals surface area contributed by atoms with Crippen LogP contribution in [-0.4, -0.2) is 16.0 Å². The monoisotopic (exact) mass is 589 g/mol. The van der Waals surface area contributed by atoms with Crippen molar-refractivity contribution in [1.29, 1.82) is 0 Å². The van der Waals surface area contributed by atoms with Crippen LogP contribution in [0, 0.1) is 12.7 Å². The lowest BCUT2D eigenvalue weighted by Crippen LogP contribution is -2.27. The van der Waals surface area contributed by atoms with Gasteiger partial charge in [-0.15, -0.1) is 0 Å². The fourth-order valence-corrected chi connectivity index (χ4v) is 5.49. The summed E-state index contributed by atoms with van der Waals surface area (Å²) in [6, 6.07) is 17.5. The smallest absolute Gasteiger partial charge is 0.293 e. The number of benzene rings is 3. The number of amides is 2. The maximum Gasteiger partial charge on any atom is 0.293 e. The number of halogens is 3. The molecule has 1 saturated heterocycles. The molecule has 4 nitrogen and oxygen atoms in total. The second kappa shape index (κ2) is 10.2. The molecule has 0 spiro atoms. The van der Waals surface area contributed by atoms with Crippen molar-refractivity contribution in [3.05, 3.63) is 103 Å². The van der Waals surface area contributed by atoms with Crippen LogP contribution in [0.1, 0.15) is 22.3 Å². The van der Waals surface area contributed by atoms with Gasteiger partial charge in [-0.05, 0) is 97.6 Å². The zero-order valence-corrected chi connectivity index (χ0v) is 21.5. The van der Waals surface area contributed by atoms with Gasteiger partial charge in [-0.25, -0.2) is 4.39 Å². The number of ether oxygens (including phenoxy) is 1. The Morgan fingerprint density at radius 2 is 1.58 bits per heavy atom. The van der Waals surface area contributed by atoms with E-state index in [0.29, 0.717) is 19.6 Å². The van der Waals surface area contributed by atoms with Crippen molar-refractivity contribution < 1.29 is 18.7 Å². The van der Waals surface area contributed by atoms with Gasteiger partial charge in [0.05, 0.1) is 20.4 Å². The molecule has 0 unspecified atom stereocenters. The molecule has 2 amide bonds. The van der Waals surface area contributed by atoms with Crippen molar-refractivity contribution >= 4 is 60.8 Å². The molecule has 3 aromatic carbocycles. The molecule has 0 saturated carbocycles. The van der Waals surface area contributed by atoms with E-state index in [1.165, 1.54) is 17.0 Å². The Morgan fingerprint density at radius 3 is 2.21 bits per heavy atom. The van der Waals surface area contributed by atoms with Crippen LogP contribution in [0.5, 0.6) is 5.75 Å². The molecule has 33 heavy (non-hydrogen) atoms. The van der Waals surface area contributed by atoms with Crippen LogP contribution in [0.2, 0.25) is 0 Å². The van der Waals surface area contributed by atoms with Gasteiger partial charge in [0.2, 0.25) is 0 Å². The van der Waals surface area contributed by atoms with Crippen LogP contribution in [0.15, 0.2) is 74.5 Å². The summed E-state index contributed by atoms with van der Waals surface area (Å²) in [7, 11) is 0. The Labute approximate surface area is 212 Å². The van der Waals surface area contributed by atoms with E-state index in [4.69, 9.17) is 4.74 Å². The summed E-state index contributed by atoms with van der Waals surface area (Å²) >= 11 is 7.95. The molecule has 0 aliphatic carbocycles. The third-order valence-electron chi connectivity index (χ3n) is 4.95. The number of carbonyl (C=O) groups is 2. The molecule has 1 aliphatic heterocycles.